The Morgan fingerprint density at radius 1 is 1.36 bits per heavy atom. The molecule has 0 aliphatic heterocycles. The Labute approximate surface area is 218 Å². The fraction of sp³-hybridized carbons (Fsp3) is 0.400. The molecule has 1 aromatic carbocycles. The molecule has 1 N–H and O–H groups in total. The molecule has 3 heterocycles. The van der Waals surface area contributed by atoms with Gasteiger partial charge in [0.15, 0.2) is 0 Å². The number of thiazole rings is 1. The number of carbonyl (C=O) groups excluding carboxylic acids is 1. The largest absolute Gasteiger partial charge is 0.496 e. The number of amides is 1. The highest BCUT2D eigenvalue weighted by atomic mass is 35.5. The van der Waals surface area contributed by atoms with Crippen molar-refractivity contribution in [1.29, 1.82) is 0 Å². The molecule has 0 radical (unpaired) electrons. The van der Waals surface area contributed by atoms with Crippen LogP contribution in [-0.2, 0) is 16.3 Å². The Hall–Kier alpha value is -2.53. The van der Waals surface area contributed by atoms with Crippen LogP contribution in [0.2, 0.25) is 30.7 Å². The van der Waals surface area contributed by atoms with Crippen molar-refractivity contribution < 1.29 is 18.7 Å². The van der Waals surface area contributed by atoms with E-state index in [4.69, 9.17) is 26.1 Å². The first kappa shape index (κ1) is 25.1. The Morgan fingerprint density at radius 3 is 2.83 bits per heavy atom. The molecule has 1 aliphatic rings. The number of rotatable bonds is 9. The molecular weight excluding hydrogens is 519 g/mol. The third kappa shape index (κ3) is 5.00. The molecule has 11 heteroatoms. The predicted molar refractivity (Wildman–Crippen MR) is 146 cm³/mol. The predicted octanol–water partition coefficient (Wildman–Crippen LogP) is 6.58. The molecule has 7 nitrogen and oxygen atoms in total. The number of benzene rings is 1. The number of anilines is 1. The van der Waals surface area contributed by atoms with Crippen molar-refractivity contribution in [2.24, 2.45) is 5.92 Å². The van der Waals surface area contributed by atoms with E-state index in [2.05, 4.69) is 29.9 Å². The number of nitrogens with zero attached hydrogens (tertiary/aromatic N) is 3. The second kappa shape index (κ2) is 9.73. The molecule has 1 saturated carbocycles. The maximum atomic E-state index is 13.4. The van der Waals surface area contributed by atoms with Crippen molar-refractivity contribution in [3.8, 4) is 16.9 Å². The molecule has 4 aromatic rings. The summed E-state index contributed by atoms with van der Waals surface area (Å²) in [5.41, 5.74) is 4.75. The number of nitrogens with one attached hydrogen (secondary N) is 1. The number of ether oxygens (including phenoxy) is 2. The van der Waals surface area contributed by atoms with Gasteiger partial charge in [0, 0.05) is 43.5 Å². The van der Waals surface area contributed by atoms with E-state index in [9.17, 15) is 9.18 Å². The Kier molecular flexibility index (Phi) is 6.80. The minimum Gasteiger partial charge on any atom is -0.496 e. The molecule has 0 spiro atoms. The topological polar surface area (TPSA) is 78.3 Å². The number of hydrogen-bond donors (Lipinski definition) is 1. The fourth-order valence-electron chi connectivity index (χ4n) is 4.08. The van der Waals surface area contributed by atoms with Gasteiger partial charge in [-0.25, -0.2) is 14.4 Å². The third-order valence-electron chi connectivity index (χ3n) is 6.27. The highest BCUT2D eigenvalue weighted by Gasteiger charge is 2.43. The summed E-state index contributed by atoms with van der Waals surface area (Å²) in [7, 11) is 0.365. The van der Waals surface area contributed by atoms with Gasteiger partial charge in [0.25, 0.3) is 0 Å². The maximum Gasteiger partial charge on any atom is 0.231 e. The summed E-state index contributed by atoms with van der Waals surface area (Å²) in [6, 6.07) is 6.53. The van der Waals surface area contributed by atoms with Gasteiger partial charge in [0.1, 0.15) is 30.1 Å². The number of hydrogen-bond acceptors (Lipinski definition) is 6. The molecule has 0 saturated heterocycles. The number of fused-ring (bicyclic) bond motifs is 2. The Balaban J connectivity index is 1.56. The fourth-order valence-corrected chi connectivity index (χ4v) is 5.97. The monoisotopic (exact) mass is 546 g/mol. The van der Waals surface area contributed by atoms with Gasteiger partial charge in [0.2, 0.25) is 5.91 Å². The smallest absolute Gasteiger partial charge is 0.231 e. The van der Waals surface area contributed by atoms with Crippen LogP contribution < -0.4 is 10.1 Å². The first-order valence-corrected chi connectivity index (χ1v) is 16.8. The lowest BCUT2D eigenvalue weighted by molar-refractivity contribution is -0.117. The van der Waals surface area contributed by atoms with Crippen LogP contribution in [-0.4, -0.2) is 48.4 Å². The number of halogens is 2. The Bertz CT molecular complexity index is 1450. The van der Waals surface area contributed by atoms with E-state index < -0.39 is 20.2 Å². The first-order chi connectivity index (χ1) is 17.2. The van der Waals surface area contributed by atoms with Crippen molar-refractivity contribution >= 4 is 64.0 Å². The van der Waals surface area contributed by atoms with Crippen LogP contribution in [0.5, 0.6) is 5.75 Å². The van der Waals surface area contributed by atoms with Crippen LogP contribution in [0.3, 0.4) is 0 Å². The molecule has 1 aliphatic carbocycles. The molecule has 2 atom stereocenters. The molecule has 0 bridgehead atoms. The zero-order valence-corrected chi connectivity index (χ0v) is 23.2. The molecular formula is C25H28ClFN4O3SSi. The summed E-state index contributed by atoms with van der Waals surface area (Å²) in [4.78, 5) is 21.4. The van der Waals surface area contributed by atoms with Gasteiger partial charge in [-0.05, 0) is 24.6 Å². The van der Waals surface area contributed by atoms with E-state index >= 15 is 0 Å². The van der Waals surface area contributed by atoms with E-state index in [0.717, 1.165) is 32.8 Å². The number of methoxy groups -OCH3 is 1. The molecule has 2 unspecified atom stereocenters. The summed E-state index contributed by atoms with van der Waals surface area (Å²) in [6.45, 7) is 7.87. The zero-order chi connectivity index (χ0) is 25.6. The number of pyridine rings is 1. The first-order valence-electron chi connectivity index (χ1n) is 11.8. The molecule has 1 fully saturated rings. The lowest BCUT2D eigenvalue weighted by Gasteiger charge is -2.15. The zero-order valence-electron chi connectivity index (χ0n) is 20.6. The molecule has 190 valence electrons. The molecule has 5 rings (SSSR count). The van der Waals surface area contributed by atoms with Gasteiger partial charge in [0.05, 0.1) is 33.8 Å². The highest BCUT2D eigenvalue weighted by Crippen LogP contribution is 2.45. The normalized spacial score (nSPS) is 17.6. The maximum absolute atomic E-state index is 13.4. The summed E-state index contributed by atoms with van der Waals surface area (Å²) >= 11 is 8.36. The van der Waals surface area contributed by atoms with Crippen molar-refractivity contribution in [1.82, 2.24) is 14.5 Å². The van der Waals surface area contributed by atoms with Crippen LogP contribution in [0.15, 0.2) is 29.9 Å². The highest BCUT2D eigenvalue weighted by molar-refractivity contribution is 7.17. The molecule has 1 amide bonds. The van der Waals surface area contributed by atoms with E-state index in [1.54, 1.807) is 18.7 Å². The number of carbonyl (C=O) groups is 1. The summed E-state index contributed by atoms with van der Waals surface area (Å²) in [5.74, 6) is 0.0381. The van der Waals surface area contributed by atoms with Gasteiger partial charge in [-0.1, -0.05) is 31.2 Å². The number of alkyl halides is 1. The lowest BCUT2D eigenvalue weighted by atomic mass is 10.0. The van der Waals surface area contributed by atoms with Gasteiger partial charge < -0.3 is 19.4 Å². The van der Waals surface area contributed by atoms with Gasteiger partial charge >= 0.3 is 0 Å². The summed E-state index contributed by atoms with van der Waals surface area (Å²) in [6.07, 6.45) is 1.14. The second-order valence-corrected chi connectivity index (χ2v) is 17.1. The minimum atomic E-state index is -1.24. The van der Waals surface area contributed by atoms with Crippen LogP contribution in [0.4, 0.5) is 10.2 Å². The standard InChI is InChI=1S/C25H28ClFN4O3SSi/c1-33-19-10-18-23(35-12-28-18)22(26)21(19)16-11-31(13-34-7-8-36(2,3)4)24-14(16)5-6-20(29-24)30-25(32)15-9-17(15)27/h5-6,10-12,15,17H,7-9,13H2,1-4H3,(H,29,30,32). The van der Waals surface area contributed by atoms with Crippen LogP contribution >= 0.6 is 22.9 Å². The lowest BCUT2D eigenvalue weighted by Crippen LogP contribution is -2.22. The minimum absolute atomic E-state index is 0.262. The van der Waals surface area contributed by atoms with Gasteiger partial charge in [-0.3, -0.25) is 4.79 Å². The molecule has 36 heavy (non-hydrogen) atoms. The summed E-state index contributed by atoms with van der Waals surface area (Å²) < 4.78 is 27.9. The SMILES string of the molecule is COc1cc2ncsc2c(Cl)c1-c1cn(COCC[Si](C)(C)C)c2nc(NC(=O)C3CC3F)ccc12. The van der Waals surface area contributed by atoms with Crippen LogP contribution in [0.25, 0.3) is 32.4 Å². The second-order valence-electron chi connectivity index (χ2n) is 10.2. The van der Waals surface area contributed by atoms with Crippen molar-refractivity contribution in [3.63, 3.8) is 0 Å². The Morgan fingerprint density at radius 2 is 2.14 bits per heavy atom. The van der Waals surface area contributed by atoms with Crippen LogP contribution in [0, 0.1) is 5.92 Å². The van der Waals surface area contributed by atoms with Crippen molar-refractivity contribution in [3.05, 3.63) is 34.9 Å². The van der Waals surface area contributed by atoms with Crippen molar-refractivity contribution in [2.75, 3.05) is 19.0 Å². The summed E-state index contributed by atoms with van der Waals surface area (Å²) in [5, 5.41) is 4.14. The average Bonchev–Trinajstić information content (AvgIpc) is 3.22. The van der Waals surface area contributed by atoms with Crippen molar-refractivity contribution in [2.45, 2.75) is 45.0 Å². The third-order valence-corrected chi connectivity index (χ3v) is 9.32. The van der Waals surface area contributed by atoms with E-state index in [0.29, 0.717) is 35.6 Å². The van der Waals surface area contributed by atoms with E-state index in [1.807, 2.05) is 22.9 Å². The van der Waals surface area contributed by atoms with E-state index in [1.165, 1.54) is 11.3 Å². The quantitative estimate of drug-likeness (QED) is 0.189. The molecule has 3 aromatic heterocycles. The number of aromatic nitrogens is 3. The van der Waals surface area contributed by atoms with Crippen LogP contribution in [0.1, 0.15) is 6.42 Å². The average molecular weight is 547 g/mol. The van der Waals surface area contributed by atoms with E-state index in [-0.39, 0.29) is 12.3 Å². The van der Waals surface area contributed by atoms with Gasteiger partial charge in [-0.2, -0.15) is 0 Å². The van der Waals surface area contributed by atoms with Gasteiger partial charge in [-0.15, -0.1) is 11.3 Å².